The molecule has 0 bridgehead atoms. The van der Waals surface area contributed by atoms with Gasteiger partial charge in [-0.15, -0.1) is 0 Å². The number of carbonyl (C=O) groups excluding carboxylic acids is 2. The van der Waals surface area contributed by atoms with Crippen molar-refractivity contribution in [1.29, 1.82) is 0 Å². The van der Waals surface area contributed by atoms with Crippen LogP contribution in [0.2, 0.25) is 0 Å². The van der Waals surface area contributed by atoms with Crippen LogP contribution in [0.25, 0.3) is 22.0 Å². The zero-order chi connectivity index (χ0) is 21.3. The molecule has 2 N–H and O–H groups in total. The van der Waals surface area contributed by atoms with E-state index in [2.05, 4.69) is 26.6 Å². The molecule has 0 spiro atoms. The Bertz CT molecular complexity index is 1070. The first-order valence-electron chi connectivity index (χ1n) is 10.7. The molecule has 2 aromatic heterocycles. The summed E-state index contributed by atoms with van der Waals surface area (Å²) in [5.74, 6) is 0.347. The fourth-order valence-corrected chi connectivity index (χ4v) is 4.41. The molecular weight excluding hydrogens is 376 g/mol. The van der Waals surface area contributed by atoms with Gasteiger partial charge in [-0.3, -0.25) is 19.7 Å². The van der Waals surface area contributed by atoms with Gasteiger partial charge in [-0.1, -0.05) is 26.0 Å². The molecule has 1 amide bonds. The smallest absolute Gasteiger partial charge is 0.219 e. The SMILES string of the molecule is CCC(=O)N[C@H]1CC[C@@H](C(C)C(=O)c2ccc(-c3ccc4[nH]nc(C)c4c3)cn2)C1. The van der Waals surface area contributed by atoms with Gasteiger partial charge in [0.25, 0.3) is 0 Å². The van der Waals surface area contributed by atoms with Crippen molar-refractivity contribution < 1.29 is 9.59 Å². The highest BCUT2D eigenvalue weighted by Crippen LogP contribution is 2.33. The quantitative estimate of drug-likeness (QED) is 0.594. The van der Waals surface area contributed by atoms with E-state index in [1.165, 1.54) is 0 Å². The Morgan fingerprint density at radius 1 is 1.20 bits per heavy atom. The molecule has 30 heavy (non-hydrogen) atoms. The van der Waals surface area contributed by atoms with Crippen LogP contribution in [0.4, 0.5) is 0 Å². The number of amides is 1. The number of nitrogens with one attached hydrogen (secondary N) is 2. The zero-order valence-corrected chi connectivity index (χ0v) is 17.7. The van der Waals surface area contributed by atoms with E-state index >= 15 is 0 Å². The first-order valence-corrected chi connectivity index (χ1v) is 10.7. The Morgan fingerprint density at radius 3 is 2.73 bits per heavy atom. The average molecular weight is 405 g/mol. The summed E-state index contributed by atoms with van der Waals surface area (Å²) in [7, 11) is 0. The lowest BCUT2D eigenvalue weighted by Gasteiger charge is -2.18. The molecule has 2 heterocycles. The summed E-state index contributed by atoms with van der Waals surface area (Å²) in [6, 6.07) is 10.1. The second kappa shape index (κ2) is 8.38. The Hall–Kier alpha value is -3.02. The highest BCUT2D eigenvalue weighted by molar-refractivity contribution is 5.96. The highest BCUT2D eigenvalue weighted by atomic mass is 16.1. The van der Waals surface area contributed by atoms with Crippen LogP contribution in [0.3, 0.4) is 0 Å². The number of aromatic nitrogens is 3. The molecule has 6 nitrogen and oxygen atoms in total. The van der Waals surface area contributed by atoms with Crippen LogP contribution in [0, 0.1) is 18.8 Å². The zero-order valence-electron chi connectivity index (χ0n) is 17.7. The van der Waals surface area contributed by atoms with E-state index in [0.717, 1.165) is 47.0 Å². The summed E-state index contributed by atoms with van der Waals surface area (Å²) in [5, 5.41) is 11.4. The molecule has 4 rings (SSSR count). The molecule has 0 aliphatic heterocycles. The standard InChI is InChI=1S/C24H28N4O2/c1-4-23(29)26-19-8-5-16(11-19)14(2)24(30)22-10-7-18(13-25-22)17-6-9-21-20(12-17)15(3)27-28-21/h6-7,9-10,12-14,16,19H,4-5,8,11H2,1-3H3,(H,26,29)(H,27,28)/t14?,16-,19+/m1/s1. The molecule has 1 aliphatic carbocycles. The number of ketones is 1. The summed E-state index contributed by atoms with van der Waals surface area (Å²) in [4.78, 5) is 29.1. The van der Waals surface area contributed by atoms with E-state index in [4.69, 9.17) is 0 Å². The van der Waals surface area contributed by atoms with E-state index in [0.29, 0.717) is 12.1 Å². The summed E-state index contributed by atoms with van der Waals surface area (Å²) in [5.41, 5.74) is 4.51. The van der Waals surface area contributed by atoms with Gasteiger partial charge in [0.1, 0.15) is 5.69 Å². The summed E-state index contributed by atoms with van der Waals surface area (Å²) < 4.78 is 0. The maximum Gasteiger partial charge on any atom is 0.219 e. The molecule has 1 saturated carbocycles. The molecule has 3 aromatic rings. The number of rotatable bonds is 6. The van der Waals surface area contributed by atoms with Gasteiger partial charge in [0.05, 0.1) is 11.2 Å². The molecule has 0 saturated heterocycles. The normalized spacial score (nSPS) is 19.7. The third-order valence-corrected chi connectivity index (χ3v) is 6.38. The van der Waals surface area contributed by atoms with Crippen molar-refractivity contribution in [2.45, 2.75) is 52.5 Å². The molecule has 1 aliphatic rings. The van der Waals surface area contributed by atoms with Gasteiger partial charge < -0.3 is 5.32 Å². The molecule has 1 aromatic carbocycles. The van der Waals surface area contributed by atoms with Gasteiger partial charge in [-0.25, -0.2) is 0 Å². The number of fused-ring (bicyclic) bond motifs is 1. The predicted molar refractivity (Wildman–Crippen MR) is 117 cm³/mol. The third kappa shape index (κ3) is 3.99. The van der Waals surface area contributed by atoms with Crippen molar-refractivity contribution in [1.82, 2.24) is 20.5 Å². The maximum absolute atomic E-state index is 13.0. The Balaban J connectivity index is 1.44. The number of Topliss-reactive ketones (excluding diaryl/α,β-unsaturated/α-hetero) is 1. The molecule has 156 valence electrons. The van der Waals surface area contributed by atoms with E-state index in [1.54, 1.807) is 6.20 Å². The minimum absolute atomic E-state index is 0.0788. The van der Waals surface area contributed by atoms with Crippen LogP contribution in [0.5, 0.6) is 0 Å². The summed E-state index contributed by atoms with van der Waals surface area (Å²) >= 11 is 0. The van der Waals surface area contributed by atoms with Crippen LogP contribution >= 0.6 is 0 Å². The first-order chi connectivity index (χ1) is 14.5. The number of carbonyl (C=O) groups is 2. The van der Waals surface area contributed by atoms with Crippen LogP contribution in [-0.4, -0.2) is 32.9 Å². The van der Waals surface area contributed by atoms with Crippen LogP contribution in [0.15, 0.2) is 36.5 Å². The largest absolute Gasteiger partial charge is 0.353 e. The van der Waals surface area contributed by atoms with Gasteiger partial charge in [0.15, 0.2) is 5.78 Å². The topological polar surface area (TPSA) is 87.7 Å². The van der Waals surface area contributed by atoms with Gasteiger partial charge in [-0.2, -0.15) is 5.10 Å². The van der Waals surface area contributed by atoms with E-state index < -0.39 is 0 Å². The number of benzene rings is 1. The minimum atomic E-state index is -0.100. The minimum Gasteiger partial charge on any atom is -0.353 e. The van der Waals surface area contributed by atoms with E-state index in [-0.39, 0.29) is 29.6 Å². The number of nitrogens with zero attached hydrogens (tertiary/aromatic N) is 2. The van der Waals surface area contributed by atoms with Crippen molar-refractivity contribution in [2.24, 2.45) is 11.8 Å². The molecular formula is C24H28N4O2. The Kier molecular flexibility index (Phi) is 5.66. The van der Waals surface area contributed by atoms with Crippen molar-refractivity contribution >= 4 is 22.6 Å². The summed E-state index contributed by atoms with van der Waals surface area (Å²) in [6.45, 7) is 5.82. The van der Waals surface area contributed by atoms with Crippen molar-refractivity contribution in [3.63, 3.8) is 0 Å². The lowest BCUT2D eigenvalue weighted by Crippen LogP contribution is -2.33. The highest BCUT2D eigenvalue weighted by Gasteiger charge is 2.33. The fourth-order valence-electron chi connectivity index (χ4n) is 4.41. The molecule has 3 atom stereocenters. The fraction of sp³-hybridized carbons (Fsp3) is 0.417. The Morgan fingerprint density at radius 2 is 2.00 bits per heavy atom. The number of aryl methyl sites for hydroxylation is 1. The lowest BCUT2D eigenvalue weighted by molar-refractivity contribution is -0.121. The van der Waals surface area contributed by atoms with Crippen molar-refractivity contribution in [3.05, 3.63) is 47.9 Å². The van der Waals surface area contributed by atoms with E-state index in [1.807, 2.05) is 45.0 Å². The first kappa shape index (κ1) is 20.3. The van der Waals surface area contributed by atoms with Gasteiger partial charge >= 0.3 is 0 Å². The van der Waals surface area contributed by atoms with Gasteiger partial charge in [-0.05, 0) is 55.9 Å². The van der Waals surface area contributed by atoms with Gasteiger partial charge in [0, 0.05) is 35.5 Å². The van der Waals surface area contributed by atoms with E-state index in [9.17, 15) is 9.59 Å². The molecule has 1 fully saturated rings. The predicted octanol–water partition coefficient (Wildman–Crippen LogP) is 4.45. The van der Waals surface area contributed by atoms with Gasteiger partial charge in [0.2, 0.25) is 5.91 Å². The molecule has 6 heteroatoms. The number of H-pyrrole nitrogens is 1. The second-order valence-corrected chi connectivity index (χ2v) is 8.35. The van der Waals surface area contributed by atoms with Crippen LogP contribution < -0.4 is 5.32 Å². The second-order valence-electron chi connectivity index (χ2n) is 8.35. The number of pyridine rings is 1. The van der Waals surface area contributed by atoms with Crippen LogP contribution in [-0.2, 0) is 4.79 Å². The monoisotopic (exact) mass is 404 g/mol. The maximum atomic E-state index is 13.0. The average Bonchev–Trinajstić information content (AvgIpc) is 3.39. The molecule has 1 unspecified atom stereocenters. The number of aromatic amines is 1. The molecule has 0 radical (unpaired) electrons. The summed E-state index contributed by atoms with van der Waals surface area (Å²) in [6.07, 6.45) is 5.04. The van der Waals surface area contributed by atoms with Crippen LogP contribution in [0.1, 0.15) is 55.7 Å². The number of hydrogen-bond acceptors (Lipinski definition) is 4. The third-order valence-electron chi connectivity index (χ3n) is 6.38. The number of hydrogen-bond donors (Lipinski definition) is 2. The van der Waals surface area contributed by atoms with Crippen molar-refractivity contribution in [2.75, 3.05) is 0 Å². The lowest BCUT2D eigenvalue weighted by atomic mass is 9.87. The Labute approximate surface area is 176 Å². The van der Waals surface area contributed by atoms with Crippen molar-refractivity contribution in [3.8, 4) is 11.1 Å².